The van der Waals surface area contributed by atoms with Crippen molar-refractivity contribution >= 4 is 17.7 Å². The van der Waals surface area contributed by atoms with Crippen molar-refractivity contribution in [1.29, 1.82) is 0 Å². The second-order valence-electron chi connectivity index (χ2n) is 7.80. The number of benzene rings is 1. The zero-order valence-corrected chi connectivity index (χ0v) is 16.2. The lowest BCUT2D eigenvalue weighted by atomic mass is 10.1. The molecule has 0 spiro atoms. The van der Waals surface area contributed by atoms with Crippen molar-refractivity contribution in [3.63, 3.8) is 0 Å². The molecule has 1 aliphatic heterocycles. The average Bonchev–Trinajstić information content (AvgIpc) is 2.94. The number of nitrogen functional groups attached to an aromatic ring is 1. The summed E-state index contributed by atoms with van der Waals surface area (Å²) in [5, 5.41) is 2.81. The van der Waals surface area contributed by atoms with Gasteiger partial charge >= 0.3 is 6.09 Å². The molecule has 0 saturated carbocycles. The number of rotatable bonds is 4. The number of anilines is 1. The molecule has 7 nitrogen and oxygen atoms in total. The molecule has 1 unspecified atom stereocenters. The second kappa shape index (κ2) is 7.85. The number of carbonyl (C=O) groups is 2. The highest BCUT2D eigenvalue weighted by molar-refractivity contribution is 5.95. The molecule has 3 N–H and O–H groups in total. The molecule has 0 aliphatic carbocycles. The fourth-order valence-electron chi connectivity index (χ4n) is 2.76. The first-order chi connectivity index (χ1) is 12.0. The minimum absolute atomic E-state index is 0.0112. The Labute approximate surface area is 154 Å². The van der Waals surface area contributed by atoms with E-state index in [1.807, 2.05) is 34.6 Å². The van der Waals surface area contributed by atoms with Crippen LogP contribution in [0.15, 0.2) is 18.2 Å². The Hall–Kier alpha value is -2.44. The van der Waals surface area contributed by atoms with Crippen molar-refractivity contribution in [3.05, 3.63) is 23.8 Å². The quantitative estimate of drug-likeness (QED) is 0.802. The first-order valence-electron chi connectivity index (χ1n) is 8.90. The third-order valence-corrected chi connectivity index (χ3v) is 3.82. The van der Waals surface area contributed by atoms with E-state index in [1.54, 1.807) is 23.1 Å². The summed E-state index contributed by atoms with van der Waals surface area (Å²) in [4.78, 5) is 26.3. The van der Waals surface area contributed by atoms with Crippen LogP contribution in [-0.4, -0.2) is 47.7 Å². The fraction of sp³-hybridized carbons (Fsp3) is 0.579. The summed E-state index contributed by atoms with van der Waals surface area (Å²) in [6.07, 6.45) is 0.239. The van der Waals surface area contributed by atoms with Gasteiger partial charge in [-0.2, -0.15) is 0 Å². The Morgan fingerprint density at radius 3 is 2.58 bits per heavy atom. The number of alkyl carbamates (subject to hydrolysis) is 1. The summed E-state index contributed by atoms with van der Waals surface area (Å²) >= 11 is 0. The summed E-state index contributed by atoms with van der Waals surface area (Å²) in [5.74, 6) is 0.462. The molecule has 1 aromatic carbocycles. The van der Waals surface area contributed by atoms with Crippen molar-refractivity contribution in [1.82, 2.24) is 10.2 Å². The number of carbonyl (C=O) groups excluding carboxylic acids is 2. The molecular weight excluding hydrogens is 334 g/mol. The van der Waals surface area contributed by atoms with Crippen LogP contribution >= 0.6 is 0 Å². The smallest absolute Gasteiger partial charge is 0.407 e. The predicted octanol–water partition coefficient (Wildman–Crippen LogP) is 2.80. The van der Waals surface area contributed by atoms with E-state index in [1.165, 1.54) is 0 Å². The molecule has 1 aliphatic rings. The monoisotopic (exact) mass is 363 g/mol. The van der Waals surface area contributed by atoms with Crippen LogP contribution in [0.5, 0.6) is 5.75 Å². The minimum Gasteiger partial charge on any atom is -0.489 e. The molecule has 144 valence electrons. The standard InChI is InChI=1S/C19H29N3O4/c1-12(2)25-16-7-6-13(10-15(16)20)17(23)22-9-8-14(11-22)21-18(24)26-19(3,4)5/h6-7,10,12,14H,8-9,11,20H2,1-5H3,(H,21,24). The third-order valence-electron chi connectivity index (χ3n) is 3.82. The normalized spacial score (nSPS) is 17.3. The van der Waals surface area contributed by atoms with Crippen molar-refractivity contribution in [3.8, 4) is 5.75 Å². The van der Waals surface area contributed by atoms with Gasteiger partial charge in [0, 0.05) is 18.7 Å². The topological polar surface area (TPSA) is 93.9 Å². The third kappa shape index (κ3) is 5.54. The molecule has 1 aromatic rings. The zero-order chi connectivity index (χ0) is 19.5. The largest absolute Gasteiger partial charge is 0.489 e. The average molecular weight is 363 g/mol. The van der Waals surface area contributed by atoms with Crippen LogP contribution < -0.4 is 15.8 Å². The van der Waals surface area contributed by atoms with Crippen LogP contribution in [0.4, 0.5) is 10.5 Å². The van der Waals surface area contributed by atoms with Crippen LogP contribution in [0.3, 0.4) is 0 Å². The minimum atomic E-state index is -0.546. The van der Waals surface area contributed by atoms with Crippen LogP contribution in [-0.2, 0) is 4.74 Å². The number of amides is 2. The molecule has 1 heterocycles. The Balaban J connectivity index is 1.95. The fourth-order valence-corrected chi connectivity index (χ4v) is 2.76. The maximum Gasteiger partial charge on any atom is 0.407 e. The van der Waals surface area contributed by atoms with Crippen molar-refractivity contribution in [2.24, 2.45) is 0 Å². The van der Waals surface area contributed by atoms with E-state index in [2.05, 4.69) is 5.32 Å². The van der Waals surface area contributed by atoms with E-state index in [0.717, 1.165) is 0 Å². The first kappa shape index (κ1) is 19.9. The van der Waals surface area contributed by atoms with Crippen molar-refractivity contribution in [2.45, 2.75) is 58.8 Å². The van der Waals surface area contributed by atoms with Crippen LogP contribution in [0.2, 0.25) is 0 Å². The number of ether oxygens (including phenoxy) is 2. The summed E-state index contributed by atoms with van der Waals surface area (Å²) in [6, 6.07) is 4.95. The number of hydrogen-bond donors (Lipinski definition) is 2. The highest BCUT2D eigenvalue weighted by atomic mass is 16.6. The molecule has 26 heavy (non-hydrogen) atoms. The molecule has 2 amide bonds. The number of likely N-dealkylation sites (tertiary alicyclic amines) is 1. The van der Waals surface area contributed by atoms with Gasteiger partial charge in [-0.25, -0.2) is 4.79 Å². The lowest BCUT2D eigenvalue weighted by Crippen LogP contribution is -2.41. The summed E-state index contributed by atoms with van der Waals surface area (Å²) in [6.45, 7) is 10.3. The van der Waals surface area contributed by atoms with Crippen LogP contribution in [0, 0.1) is 0 Å². The maximum absolute atomic E-state index is 12.7. The summed E-state index contributed by atoms with van der Waals surface area (Å²) < 4.78 is 10.9. The molecule has 7 heteroatoms. The van der Waals surface area contributed by atoms with Gasteiger partial charge in [-0.15, -0.1) is 0 Å². The number of hydrogen-bond acceptors (Lipinski definition) is 5. The Morgan fingerprint density at radius 1 is 1.31 bits per heavy atom. The number of nitrogens with two attached hydrogens (primary N) is 1. The van der Waals surface area contributed by atoms with Gasteiger partial charge in [0.1, 0.15) is 11.4 Å². The van der Waals surface area contributed by atoms with Crippen LogP contribution in [0.25, 0.3) is 0 Å². The van der Waals surface area contributed by atoms with Gasteiger partial charge in [0.2, 0.25) is 0 Å². The molecule has 0 aromatic heterocycles. The molecule has 0 bridgehead atoms. The van der Waals surface area contributed by atoms with Crippen molar-refractivity contribution in [2.75, 3.05) is 18.8 Å². The van der Waals surface area contributed by atoms with Crippen molar-refractivity contribution < 1.29 is 19.1 Å². The molecule has 1 atom stereocenters. The Morgan fingerprint density at radius 2 is 2.00 bits per heavy atom. The van der Waals surface area contributed by atoms with E-state index in [9.17, 15) is 9.59 Å². The van der Waals surface area contributed by atoms with E-state index in [0.29, 0.717) is 36.5 Å². The van der Waals surface area contributed by atoms with Gasteiger partial charge in [-0.3, -0.25) is 4.79 Å². The van der Waals surface area contributed by atoms with Gasteiger partial charge in [0.05, 0.1) is 17.8 Å². The van der Waals surface area contributed by atoms with Gasteiger partial charge in [-0.1, -0.05) is 0 Å². The lowest BCUT2D eigenvalue weighted by Gasteiger charge is -2.22. The van der Waals surface area contributed by atoms with Gasteiger partial charge in [-0.05, 0) is 59.2 Å². The Bertz CT molecular complexity index is 667. The maximum atomic E-state index is 12.7. The van der Waals surface area contributed by atoms with Gasteiger partial charge < -0.3 is 25.4 Å². The SMILES string of the molecule is CC(C)Oc1ccc(C(=O)N2CCC(NC(=O)OC(C)(C)C)C2)cc1N. The first-order valence-corrected chi connectivity index (χ1v) is 8.90. The van der Waals surface area contributed by atoms with E-state index in [-0.39, 0.29) is 18.1 Å². The van der Waals surface area contributed by atoms with E-state index >= 15 is 0 Å². The number of nitrogens with zero attached hydrogens (tertiary/aromatic N) is 1. The van der Waals surface area contributed by atoms with E-state index < -0.39 is 11.7 Å². The van der Waals surface area contributed by atoms with Gasteiger partial charge in [0.15, 0.2) is 0 Å². The molecule has 0 radical (unpaired) electrons. The molecular formula is C19H29N3O4. The Kier molecular flexibility index (Phi) is 6.00. The zero-order valence-electron chi connectivity index (χ0n) is 16.2. The highest BCUT2D eigenvalue weighted by Crippen LogP contribution is 2.25. The summed E-state index contributed by atoms with van der Waals surface area (Å²) in [5.41, 5.74) is 6.39. The highest BCUT2D eigenvalue weighted by Gasteiger charge is 2.29. The molecule has 1 fully saturated rings. The molecule has 1 saturated heterocycles. The second-order valence-corrected chi connectivity index (χ2v) is 7.80. The van der Waals surface area contributed by atoms with Crippen LogP contribution in [0.1, 0.15) is 51.4 Å². The molecule has 2 rings (SSSR count). The summed E-state index contributed by atoms with van der Waals surface area (Å²) in [7, 11) is 0. The van der Waals surface area contributed by atoms with Gasteiger partial charge in [0.25, 0.3) is 5.91 Å². The number of nitrogens with one attached hydrogen (secondary N) is 1. The lowest BCUT2D eigenvalue weighted by molar-refractivity contribution is 0.0502. The predicted molar refractivity (Wildman–Crippen MR) is 100 cm³/mol. The van der Waals surface area contributed by atoms with E-state index in [4.69, 9.17) is 15.2 Å².